The molecule has 118 valence electrons. The molecule has 0 heterocycles. The molecule has 0 aliphatic heterocycles. The second kappa shape index (κ2) is 12.2. The molecule has 0 bridgehead atoms. The summed E-state index contributed by atoms with van der Waals surface area (Å²) in [6.07, 6.45) is 15.5. The van der Waals surface area contributed by atoms with Crippen molar-refractivity contribution in [3.63, 3.8) is 0 Å². The molecule has 0 aromatic carbocycles. The molecule has 0 aromatic rings. The Morgan fingerprint density at radius 3 is 1.95 bits per heavy atom. The summed E-state index contributed by atoms with van der Waals surface area (Å²) >= 11 is 0. The number of nitrogens with one attached hydrogen (secondary N) is 1. The lowest BCUT2D eigenvalue weighted by Gasteiger charge is -2.19. The van der Waals surface area contributed by atoms with Crippen molar-refractivity contribution >= 4 is 5.97 Å². The fourth-order valence-electron chi connectivity index (χ4n) is 2.98. The molecule has 0 amide bonds. The van der Waals surface area contributed by atoms with Gasteiger partial charge in [-0.1, -0.05) is 57.8 Å². The van der Waals surface area contributed by atoms with Gasteiger partial charge in [0.15, 0.2) is 0 Å². The van der Waals surface area contributed by atoms with Crippen molar-refractivity contribution in [2.75, 3.05) is 13.2 Å². The first-order valence-electron chi connectivity index (χ1n) is 8.72. The van der Waals surface area contributed by atoms with Gasteiger partial charge in [0.1, 0.15) is 0 Å². The number of carbonyl (C=O) groups excluding carboxylic acids is 1. The minimum Gasteiger partial charge on any atom is -0.466 e. The van der Waals surface area contributed by atoms with Crippen LogP contribution in [0.1, 0.15) is 84.0 Å². The zero-order chi connectivity index (χ0) is 14.5. The first-order valence-corrected chi connectivity index (χ1v) is 8.72. The highest BCUT2D eigenvalue weighted by Crippen LogP contribution is 2.16. The SMILES string of the molecule is CCOC(=O)CCNC1CCCCCCCCCCC1. The van der Waals surface area contributed by atoms with Crippen LogP contribution in [0.4, 0.5) is 0 Å². The maximum atomic E-state index is 11.3. The van der Waals surface area contributed by atoms with Gasteiger partial charge in [0.2, 0.25) is 0 Å². The second-order valence-corrected chi connectivity index (χ2v) is 5.97. The molecular weight excluding hydrogens is 250 g/mol. The normalized spacial score (nSPS) is 19.9. The molecule has 0 saturated heterocycles. The third-order valence-electron chi connectivity index (χ3n) is 4.17. The largest absolute Gasteiger partial charge is 0.466 e. The van der Waals surface area contributed by atoms with Crippen LogP contribution in [0.15, 0.2) is 0 Å². The number of rotatable bonds is 5. The van der Waals surface area contributed by atoms with Gasteiger partial charge in [-0.25, -0.2) is 0 Å². The van der Waals surface area contributed by atoms with E-state index in [9.17, 15) is 4.79 Å². The van der Waals surface area contributed by atoms with Crippen molar-refractivity contribution in [2.24, 2.45) is 0 Å². The zero-order valence-electron chi connectivity index (χ0n) is 13.3. The van der Waals surface area contributed by atoms with E-state index in [0.29, 0.717) is 19.1 Å². The van der Waals surface area contributed by atoms with Crippen LogP contribution in [0.2, 0.25) is 0 Å². The van der Waals surface area contributed by atoms with Crippen molar-refractivity contribution in [3.8, 4) is 0 Å². The van der Waals surface area contributed by atoms with Crippen LogP contribution in [0.5, 0.6) is 0 Å². The van der Waals surface area contributed by atoms with Gasteiger partial charge in [-0.05, 0) is 19.8 Å². The molecule has 1 N–H and O–H groups in total. The molecule has 3 nitrogen and oxygen atoms in total. The van der Waals surface area contributed by atoms with Gasteiger partial charge in [0, 0.05) is 12.6 Å². The minimum absolute atomic E-state index is 0.0758. The lowest BCUT2D eigenvalue weighted by Crippen LogP contribution is -2.31. The Kier molecular flexibility index (Phi) is 10.7. The predicted molar refractivity (Wildman–Crippen MR) is 83.8 cm³/mol. The summed E-state index contributed by atoms with van der Waals surface area (Å²) in [4.78, 5) is 11.3. The Balaban J connectivity index is 2.19. The Labute approximate surface area is 124 Å². The minimum atomic E-state index is -0.0758. The Morgan fingerprint density at radius 1 is 0.950 bits per heavy atom. The van der Waals surface area contributed by atoms with E-state index in [4.69, 9.17) is 4.74 Å². The fraction of sp³-hybridized carbons (Fsp3) is 0.941. The fourth-order valence-corrected chi connectivity index (χ4v) is 2.98. The summed E-state index contributed by atoms with van der Waals surface area (Å²) in [5.41, 5.74) is 0. The van der Waals surface area contributed by atoms with Gasteiger partial charge >= 0.3 is 5.97 Å². The second-order valence-electron chi connectivity index (χ2n) is 5.97. The third-order valence-corrected chi connectivity index (χ3v) is 4.17. The van der Waals surface area contributed by atoms with Crippen molar-refractivity contribution in [2.45, 2.75) is 90.0 Å². The Bertz CT molecular complexity index is 231. The van der Waals surface area contributed by atoms with Crippen LogP contribution in [0.3, 0.4) is 0 Å². The van der Waals surface area contributed by atoms with Crippen LogP contribution in [-0.4, -0.2) is 25.2 Å². The highest BCUT2D eigenvalue weighted by Gasteiger charge is 2.10. The van der Waals surface area contributed by atoms with Crippen LogP contribution in [0, 0.1) is 0 Å². The van der Waals surface area contributed by atoms with Gasteiger partial charge in [0.05, 0.1) is 13.0 Å². The summed E-state index contributed by atoms with van der Waals surface area (Å²) in [7, 11) is 0. The molecule has 1 saturated carbocycles. The van der Waals surface area contributed by atoms with E-state index in [-0.39, 0.29) is 5.97 Å². The molecule has 1 rings (SSSR count). The molecule has 0 spiro atoms. The quantitative estimate of drug-likeness (QED) is 0.768. The summed E-state index contributed by atoms with van der Waals surface area (Å²) in [5, 5.41) is 3.56. The lowest BCUT2D eigenvalue weighted by atomic mass is 9.98. The molecule has 1 aliphatic rings. The Hall–Kier alpha value is -0.570. The molecule has 0 atom stereocenters. The van der Waals surface area contributed by atoms with E-state index in [2.05, 4.69) is 5.32 Å². The van der Waals surface area contributed by atoms with E-state index in [1.807, 2.05) is 6.92 Å². The first kappa shape index (κ1) is 17.5. The number of ether oxygens (including phenoxy) is 1. The van der Waals surface area contributed by atoms with E-state index in [1.165, 1.54) is 70.6 Å². The van der Waals surface area contributed by atoms with E-state index >= 15 is 0 Å². The topological polar surface area (TPSA) is 38.3 Å². The number of esters is 1. The van der Waals surface area contributed by atoms with Gasteiger partial charge < -0.3 is 10.1 Å². The summed E-state index contributed by atoms with van der Waals surface area (Å²) < 4.78 is 4.96. The summed E-state index contributed by atoms with van der Waals surface area (Å²) in [6, 6.07) is 0.601. The van der Waals surface area contributed by atoms with Gasteiger partial charge in [-0.3, -0.25) is 4.79 Å². The predicted octanol–water partition coefficient (Wildman–Crippen LogP) is 4.20. The van der Waals surface area contributed by atoms with Crippen molar-refractivity contribution in [1.29, 1.82) is 0 Å². The monoisotopic (exact) mass is 283 g/mol. The number of hydrogen-bond acceptors (Lipinski definition) is 3. The molecular formula is C17H33NO2. The smallest absolute Gasteiger partial charge is 0.307 e. The van der Waals surface area contributed by atoms with E-state index in [0.717, 1.165) is 6.54 Å². The average molecular weight is 283 g/mol. The van der Waals surface area contributed by atoms with E-state index < -0.39 is 0 Å². The van der Waals surface area contributed by atoms with Crippen LogP contribution in [-0.2, 0) is 9.53 Å². The highest BCUT2D eigenvalue weighted by atomic mass is 16.5. The molecule has 1 fully saturated rings. The molecule has 0 aromatic heterocycles. The molecule has 0 unspecified atom stereocenters. The molecule has 20 heavy (non-hydrogen) atoms. The van der Waals surface area contributed by atoms with E-state index in [1.54, 1.807) is 0 Å². The maximum absolute atomic E-state index is 11.3. The Morgan fingerprint density at radius 2 is 1.45 bits per heavy atom. The van der Waals surface area contributed by atoms with Crippen molar-refractivity contribution in [1.82, 2.24) is 5.32 Å². The first-order chi connectivity index (χ1) is 9.83. The van der Waals surface area contributed by atoms with Gasteiger partial charge in [0.25, 0.3) is 0 Å². The highest BCUT2D eigenvalue weighted by molar-refractivity contribution is 5.69. The standard InChI is InChI=1S/C17H33NO2/c1-2-20-17(19)14-15-18-16-12-10-8-6-4-3-5-7-9-11-13-16/h16,18H,2-15H2,1H3. The van der Waals surface area contributed by atoms with Crippen molar-refractivity contribution in [3.05, 3.63) is 0 Å². The average Bonchev–Trinajstić information content (AvgIpc) is 2.41. The lowest BCUT2D eigenvalue weighted by molar-refractivity contribution is -0.143. The summed E-state index contributed by atoms with van der Waals surface area (Å²) in [5.74, 6) is -0.0758. The maximum Gasteiger partial charge on any atom is 0.307 e. The van der Waals surface area contributed by atoms with Crippen LogP contribution >= 0.6 is 0 Å². The van der Waals surface area contributed by atoms with Crippen molar-refractivity contribution < 1.29 is 9.53 Å². The van der Waals surface area contributed by atoms with Crippen LogP contribution < -0.4 is 5.32 Å². The third kappa shape index (κ3) is 9.35. The molecule has 3 heteroatoms. The van der Waals surface area contributed by atoms with Crippen LogP contribution in [0.25, 0.3) is 0 Å². The van der Waals surface area contributed by atoms with Gasteiger partial charge in [-0.2, -0.15) is 0 Å². The number of carbonyl (C=O) groups is 1. The molecule has 1 aliphatic carbocycles. The molecule has 0 radical (unpaired) electrons. The summed E-state index contributed by atoms with van der Waals surface area (Å²) in [6.45, 7) is 3.12. The number of hydrogen-bond donors (Lipinski definition) is 1. The zero-order valence-corrected chi connectivity index (χ0v) is 13.3. The van der Waals surface area contributed by atoms with Gasteiger partial charge in [-0.15, -0.1) is 0 Å².